The van der Waals surface area contributed by atoms with Gasteiger partial charge in [-0.1, -0.05) is 51.1 Å². The number of anilines is 1. The first-order valence-electron chi connectivity index (χ1n) is 14.6. The molecular weight excluding hydrogens is 510 g/mol. The number of hydrogen-bond acceptors (Lipinski definition) is 6. The maximum absolute atomic E-state index is 12.8. The fourth-order valence-corrected chi connectivity index (χ4v) is 4.26. The van der Waals surface area contributed by atoms with Gasteiger partial charge >= 0.3 is 0 Å². The summed E-state index contributed by atoms with van der Waals surface area (Å²) in [6.07, 6.45) is 8.81. The average Bonchev–Trinajstić information content (AvgIpc) is 3.01. The lowest BCUT2D eigenvalue weighted by Gasteiger charge is -2.30. The van der Waals surface area contributed by atoms with Crippen LogP contribution in [0.25, 0.3) is 11.1 Å². The van der Waals surface area contributed by atoms with Crippen molar-refractivity contribution >= 4 is 17.8 Å². The molecule has 41 heavy (non-hydrogen) atoms. The normalized spacial score (nSPS) is 15.3. The lowest BCUT2D eigenvalue weighted by Crippen LogP contribution is -2.42. The van der Waals surface area contributed by atoms with Crippen molar-refractivity contribution in [1.82, 2.24) is 9.88 Å². The predicted octanol–water partition coefficient (Wildman–Crippen LogP) is 7.35. The standard InChI is InChI=1S/C25H28N4O2.C7H13N.C2H6/c1-31-23-9-7-19(8-10-23)20-11-12-27-24(15-20)25(30)28-22-6-2-4-18(14-22)16-29-13-3-5-21(26)17-29;1-4-6-8-7(3)5-2;1-2/h2,4,6-12,14-15,21H,3,5,13,16-17,26H2,1H3,(H,28,30);5-6H,4H2,1-3H3;1-2H3/b;7-5-,8-6?;/t21-;;/m0../s1. The van der Waals surface area contributed by atoms with Gasteiger partial charge in [-0.25, -0.2) is 0 Å². The van der Waals surface area contributed by atoms with E-state index >= 15 is 0 Å². The van der Waals surface area contributed by atoms with Crippen LogP contribution >= 0.6 is 0 Å². The molecule has 0 spiro atoms. The third-order valence-electron chi connectivity index (χ3n) is 6.44. The van der Waals surface area contributed by atoms with Crippen molar-refractivity contribution in [1.29, 1.82) is 0 Å². The molecule has 1 aliphatic heterocycles. The number of aliphatic imine (C=N–C) groups is 1. The van der Waals surface area contributed by atoms with E-state index in [2.05, 4.69) is 33.2 Å². The molecule has 0 bridgehead atoms. The number of methoxy groups -OCH3 is 1. The molecular formula is C34H47N5O2. The molecule has 7 heteroatoms. The minimum atomic E-state index is -0.229. The Labute approximate surface area is 246 Å². The van der Waals surface area contributed by atoms with Gasteiger partial charge in [0.25, 0.3) is 5.91 Å². The van der Waals surface area contributed by atoms with Crippen LogP contribution in [0.1, 0.15) is 69.9 Å². The Morgan fingerprint density at radius 1 is 1.15 bits per heavy atom. The molecule has 0 unspecified atom stereocenters. The number of carbonyl (C=O) groups excluding carboxylic acids is 1. The molecule has 3 aromatic rings. The molecule has 1 amide bonds. The molecule has 3 N–H and O–H groups in total. The summed E-state index contributed by atoms with van der Waals surface area (Å²) in [5.41, 5.74) is 11.4. The molecule has 0 saturated carbocycles. The van der Waals surface area contributed by atoms with Gasteiger partial charge in [-0.15, -0.1) is 0 Å². The molecule has 2 heterocycles. The number of nitrogens with two attached hydrogens (primary N) is 1. The topological polar surface area (TPSA) is 92.8 Å². The molecule has 1 fully saturated rings. The van der Waals surface area contributed by atoms with Crippen molar-refractivity contribution in [2.45, 2.75) is 66.5 Å². The number of piperidine rings is 1. The van der Waals surface area contributed by atoms with E-state index in [0.717, 1.165) is 72.7 Å². The number of nitrogens with zero attached hydrogens (tertiary/aromatic N) is 3. The van der Waals surface area contributed by atoms with Crippen molar-refractivity contribution < 1.29 is 9.53 Å². The fraction of sp³-hybridized carbons (Fsp3) is 0.382. The van der Waals surface area contributed by atoms with E-state index in [4.69, 9.17) is 10.5 Å². The SMILES string of the molecule is C/C=C(/C)N=CCC.CC.COc1ccc(-c2ccnc(C(=O)Nc3cccc(CN4CCC[C@H](N)C4)c3)c2)cc1. The second-order valence-corrected chi connectivity index (χ2v) is 9.60. The van der Waals surface area contributed by atoms with E-state index in [9.17, 15) is 4.79 Å². The van der Waals surface area contributed by atoms with E-state index in [0.29, 0.717) is 5.69 Å². The lowest BCUT2D eigenvalue weighted by molar-refractivity contribution is 0.102. The van der Waals surface area contributed by atoms with Crippen LogP contribution in [0.15, 0.2) is 83.6 Å². The third kappa shape index (κ3) is 11.7. The van der Waals surface area contributed by atoms with Gasteiger partial charge in [0, 0.05) is 42.9 Å². The number of rotatable bonds is 8. The molecule has 1 aromatic heterocycles. The number of hydrogen-bond donors (Lipinski definition) is 2. The first-order valence-corrected chi connectivity index (χ1v) is 14.6. The number of pyridine rings is 1. The molecule has 2 aromatic carbocycles. The summed E-state index contributed by atoms with van der Waals surface area (Å²) in [5, 5.41) is 2.98. The Morgan fingerprint density at radius 2 is 1.90 bits per heavy atom. The van der Waals surface area contributed by atoms with Crippen molar-refractivity contribution in [3.8, 4) is 16.9 Å². The number of benzene rings is 2. The zero-order valence-electron chi connectivity index (χ0n) is 25.6. The Hall–Kier alpha value is -3.81. The number of allylic oxidation sites excluding steroid dienone is 2. The van der Waals surface area contributed by atoms with E-state index in [1.165, 1.54) is 0 Å². The van der Waals surface area contributed by atoms with Gasteiger partial charge < -0.3 is 15.8 Å². The van der Waals surface area contributed by atoms with Gasteiger partial charge in [0.2, 0.25) is 0 Å². The Balaban J connectivity index is 0.000000509. The highest BCUT2D eigenvalue weighted by atomic mass is 16.5. The summed E-state index contributed by atoms with van der Waals surface area (Å²) in [5.74, 6) is 0.565. The van der Waals surface area contributed by atoms with Crippen molar-refractivity contribution in [3.63, 3.8) is 0 Å². The van der Waals surface area contributed by atoms with Gasteiger partial charge in [-0.2, -0.15) is 0 Å². The molecule has 1 saturated heterocycles. The molecule has 7 nitrogen and oxygen atoms in total. The van der Waals surface area contributed by atoms with Crippen molar-refractivity contribution in [2.75, 3.05) is 25.5 Å². The van der Waals surface area contributed by atoms with Crippen molar-refractivity contribution in [3.05, 3.63) is 89.9 Å². The van der Waals surface area contributed by atoms with Gasteiger partial charge in [0.15, 0.2) is 0 Å². The number of aromatic nitrogens is 1. The second-order valence-electron chi connectivity index (χ2n) is 9.60. The molecule has 0 aliphatic carbocycles. The summed E-state index contributed by atoms with van der Waals surface area (Å²) >= 11 is 0. The van der Waals surface area contributed by atoms with Gasteiger partial charge in [-0.05, 0) is 92.7 Å². The van der Waals surface area contributed by atoms with Crippen LogP contribution in [0.3, 0.4) is 0 Å². The molecule has 220 valence electrons. The van der Waals surface area contributed by atoms with Crippen molar-refractivity contribution in [2.24, 2.45) is 10.7 Å². The number of likely N-dealkylation sites (tertiary alicyclic amines) is 1. The lowest BCUT2D eigenvalue weighted by atomic mass is 10.1. The van der Waals surface area contributed by atoms with Crippen LogP contribution in [0.5, 0.6) is 5.75 Å². The van der Waals surface area contributed by atoms with E-state index in [1.807, 2.05) is 88.5 Å². The number of amides is 1. The maximum atomic E-state index is 12.8. The molecule has 1 atom stereocenters. The summed E-state index contributed by atoms with van der Waals surface area (Å²) in [6, 6.07) is 19.6. The van der Waals surface area contributed by atoms with Crippen LogP contribution in [-0.2, 0) is 6.54 Å². The van der Waals surface area contributed by atoms with E-state index in [1.54, 1.807) is 19.4 Å². The zero-order valence-corrected chi connectivity index (χ0v) is 25.6. The minimum Gasteiger partial charge on any atom is -0.497 e. The van der Waals surface area contributed by atoms with E-state index < -0.39 is 0 Å². The number of ether oxygens (including phenoxy) is 1. The average molecular weight is 558 g/mol. The van der Waals surface area contributed by atoms with Crippen LogP contribution in [-0.4, -0.2) is 48.2 Å². The maximum Gasteiger partial charge on any atom is 0.274 e. The summed E-state index contributed by atoms with van der Waals surface area (Å²) in [6.45, 7) is 12.9. The fourth-order valence-electron chi connectivity index (χ4n) is 4.26. The van der Waals surface area contributed by atoms with Gasteiger partial charge in [0.1, 0.15) is 11.4 Å². The highest BCUT2D eigenvalue weighted by Crippen LogP contribution is 2.23. The molecule has 1 aliphatic rings. The van der Waals surface area contributed by atoms with Crippen LogP contribution in [0.2, 0.25) is 0 Å². The second kappa shape index (κ2) is 18.5. The monoisotopic (exact) mass is 557 g/mol. The van der Waals surface area contributed by atoms with Crippen LogP contribution < -0.4 is 15.8 Å². The Kier molecular flexibility index (Phi) is 15.1. The van der Waals surface area contributed by atoms with E-state index in [-0.39, 0.29) is 11.9 Å². The van der Waals surface area contributed by atoms with Crippen LogP contribution in [0.4, 0.5) is 5.69 Å². The van der Waals surface area contributed by atoms with Gasteiger partial charge in [-0.3, -0.25) is 19.7 Å². The predicted molar refractivity (Wildman–Crippen MR) is 173 cm³/mol. The first-order chi connectivity index (χ1) is 19.9. The third-order valence-corrected chi connectivity index (χ3v) is 6.44. The zero-order chi connectivity index (χ0) is 30.0. The molecule has 0 radical (unpaired) electrons. The van der Waals surface area contributed by atoms with Gasteiger partial charge in [0.05, 0.1) is 7.11 Å². The number of nitrogens with one attached hydrogen (secondary N) is 1. The first kappa shape index (κ1) is 33.4. The summed E-state index contributed by atoms with van der Waals surface area (Å²) < 4.78 is 5.21. The number of carbonyl (C=O) groups is 1. The smallest absolute Gasteiger partial charge is 0.274 e. The molecule has 4 rings (SSSR count). The minimum absolute atomic E-state index is 0.229. The quantitative estimate of drug-likeness (QED) is 0.283. The summed E-state index contributed by atoms with van der Waals surface area (Å²) in [7, 11) is 1.64. The highest BCUT2D eigenvalue weighted by molar-refractivity contribution is 6.03. The van der Waals surface area contributed by atoms with Crippen LogP contribution in [0, 0.1) is 0 Å². The summed E-state index contributed by atoms with van der Waals surface area (Å²) in [4.78, 5) is 23.5. The Morgan fingerprint density at radius 3 is 2.56 bits per heavy atom. The Bertz CT molecular complexity index is 1250. The highest BCUT2D eigenvalue weighted by Gasteiger charge is 2.17. The largest absolute Gasteiger partial charge is 0.497 e.